The molecule has 2 N–H and O–H groups in total. The molecule has 1 aromatic carbocycles. The Morgan fingerprint density at radius 3 is 2.83 bits per heavy atom. The van der Waals surface area contributed by atoms with E-state index in [1.165, 1.54) is 12.1 Å². The summed E-state index contributed by atoms with van der Waals surface area (Å²) in [6.45, 7) is 2.77. The normalized spacial score (nSPS) is 12.4. The van der Waals surface area contributed by atoms with E-state index in [2.05, 4.69) is 5.32 Å². The molecule has 1 atom stereocenters. The summed E-state index contributed by atoms with van der Waals surface area (Å²) in [5, 5.41) is 22.9. The fourth-order valence-electron chi connectivity index (χ4n) is 1.58. The van der Waals surface area contributed by atoms with Crippen LogP contribution in [-0.4, -0.2) is 22.7 Å². The molecule has 0 fully saturated rings. The van der Waals surface area contributed by atoms with Crippen molar-refractivity contribution in [3.05, 3.63) is 38.9 Å². The average Bonchev–Trinajstić information content (AvgIpc) is 2.34. The lowest BCUT2D eigenvalue weighted by atomic mass is 10.1. The van der Waals surface area contributed by atoms with Crippen molar-refractivity contribution in [2.75, 3.05) is 6.61 Å². The van der Waals surface area contributed by atoms with Gasteiger partial charge in [0, 0.05) is 31.3 Å². The maximum absolute atomic E-state index is 10.6. The number of nitro groups is 1. The Hall–Kier alpha value is -1.17. The lowest BCUT2D eigenvalue weighted by Crippen LogP contribution is -2.25. The molecule has 0 aliphatic heterocycles. The van der Waals surface area contributed by atoms with Gasteiger partial charge in [0.1, 0.15) is 0 Å². The van der Waals surface area contributed by atoms with E-state index >= 15 is 0 Å². The first-order chi connectivity index (χ1) is 8.54. The molecule has 0 radical (unpaired) electrons. The number of nitrogens with one attached hydrogen (secondary N) is 1. The Kier molecular flexibility index (Phi) is 6.04. The highest BCUT2D eigenvalue weighted by Gasteiger charge is 2.10. The molecule has 1 rings (SSSR count). The molecule has 18 heavy (non-hydrogen) atoms. The molecule has 100 valence electrons. The minimum Gasteiger partial charge on any atom is -0.396 e. The van der Waals surface area contributed by atoms with Crippen LogP contribution in [0, 0.1) is 10.1 Å². The second-order valence-electron chi connectivity index (χ2n) is 4.18. The summed E-state index contributed by atoms with van der Waals surface area (Å²) in [6.07, 6.45) is 1.63. The number of halogens is 1. The van der Waals surface area contributed by atoms with Crippen LogP contribution in [0.15, 0.2) is 18.2 Å². The highest BCUT2D eigenvalue weighted by Crippen LogP contribution is 2.22. The molecule has 5 nitrogen and oxygen atoms in total. The first-order valence-electron chi connectivity index (χ1n) is 5.81. The van der Waals surface area contributed by atoms with Gasteiger partial charge in [0.2, 0.25) is 0 Å². The maximum Gasteiger partial charge on any atom is 0.270 e. The summed E-state index contributed by atoms with van der Waals surface area (Å²) in [5.41, 5.74) is 0.829. The predicted molar refractivity (Wildman–Crippen MR) is 70.7 cm³/mol. The zero-order valence-electron chi connectivity index (χ0n) is 10.2. The van der Waals surface area contributed by atoms with Gasteiger partial charge in [-0.15, -0.1) is 0 Å². The predicted octanol–water partition coefficient (Wildman–Crippen LogP) is 2.50. The second-order valence-corrected chi connectivity index (χ2v) is 4.59. The molecular weight excluding hydrogens is 256 g/mol. The third kappa shape index (κ3) is 4.60. The van der Waals surface area contributed by atoms with E-state index in [4.69, 9.17) is 16.7 Å². The van der Waals surface area contributed by atoms with Crippen LogP contribution in [-0.2, 0) is 6.54 Å². The fraction of sp³-hybridized carbons (Fsp3) is 0.500. The molecule has 1 unspecified atom stereocenters. The molecule has 0 aromatic heterocycles. The minimum absolute atomic E-state index is 0.00270. The van der Waals surface area contributed by atoms with E-state index in [1.54, 1.807) is 6.07 Å². The summed E-state index contributed by atoms with van der Waals surface area (Å²) in [5.74, 6) is 0. The number of hydrogen-bond donors (Lipinski definition) is 2. The van der Waals surface area contributed by atoms with Gasteiger partial charge in [0.05, 0.1) is 9.95 Å². The first kappa shape index (κ1) is 14.9. The quantitative estimate of drug-likeness (QED) is 0.591. The summed E-state index contributed by atoms with van der Waals surface area (Å²) in [6, 6.07) is 4.73. The van der Waals surface area contributed by atoms with Crippen molar-refractivity contribution in [3.63, 3.8) is 0 Å². The lowest BCUT2D eigenvalue weighted by molar-refractivity contribution is -0.384. The number of aliphatic hydroxyl groups excluding tert-OH is 1. The Morgan fingerprint density at radius 2 is 2.28 bits per heavy atom. The van der Waals surface area contributed by atoms with Gasteiger partial charge in [0.15, 0.2) is 0 Å². The standard InChI is InChI=1S/C12H17ClN2O3/c1-9(3-2-6-16)14-8-10-4-5-11(15(17)18)7-12(10)13/h4-5,7,9,14,16H,2-3,6,8H2,1H3. The van der Waals surface area contributed by atoms with Crippen molar-refractivity contribution in [1.82, 2.24) is 5.32 Å². The van der Waals surface area contributed by atoms with E-state index in [1.807, 2.05) is 6.92 Å². The van der Waals surface area contributed by atoms with Crippen LogP contribution in [0.25, 0.3) is 0 Å². The van der Waals surface area contributed by atoms with Gasteiger partial charge in [-0.25, -0.2) is 0 Å². The number of benzene rings is 1. The number of non-ortho nitro benzene ring substituents is 1. The summed E-state index contributed by atoms with van der Waals surface area (Å²) in [7, 11) is 0. The minimum atomic E-state index is -0.465. The van der Waals surface area contributed by atoms with Crippen LogP contribution in [0.1, 0.15) is 25.3 Å². The van der Waals surface area contributed by atoms with Gasteiger partial charge >= 0.3 is 0 Å². The Balaban J connectivity index is 2.55. The molecule has 0 spiro atoms. The molecule has 0 aliphatic rings. The smallest absolute Gasteiger partial charge is 0.270 e. The SMILES string of the molecule is CC(CCCO)NCc1ccc([N+](=O)[O-])cc1Cl. The highest BCUT2D eigenvalue weighted by molar-refractivity contribution is 6.31. The molecule has 0 heterocycles. The third-order valence-corrected chi connectivity index (χ3v) is 3.04. The molecular formula is C12H17ClN2O3. The zero-order chi connectivity index (χ0) is 13.5. The fourth-order valence-corrected chi connectivity index (χ4v) is 1.82. The molecule has 0 amide bonds. The topological polar surface area (TPSA) is 75.4 Å². The summed E-state index contributed by atoms with van der Waals surface area (Å²) in [4.78, 5) is 10.1. The van der Waals surface area contributed by atoms with Gasteiger partial charge < -0.3 is 10.4 Å². The van der Waals surface area contributed by atoms with Crippen molar-refractivity contribution in [3.8, 4) is 0 Å². The Labute approximate surface area is 111 Å². The molecule has 0 saturated heterocycles. The van der Waals surface area contributed by atoms with E-state index in [9.17, 15) is 10.1 Å². The van der Waals surface area contributed by atoms with E-state index < -0.39 is 4.92 Å². The van der Waals surface area contributed by atoms with E-state index in [-0.39, 0.29) is 18.3 Å². The van der Waals surface area contributed by atoms with Crippen LogP contribution in [0.2, 0.25) is 5.02 Å². The van der Waals surface area contributed by atoms with Gasteiger partial charge in [-0.2, -0.15) is 0 Å². The van der Waals surface area contributed by atoms with Crippen LogP contribution in [0.5, 0.6) is 0 Å². The van der Waals surface area contributed by atoms with Gasteiger partial charge in [-0.05, 0) is 31.4 Å². The highest BCUT2D eigenvalue weighted by atomic mass is 35.5. The van der Waals surface area contributed by atoms with E-state index in [0.717, 1.165) is 18.4 Å². The molecule has 1 aromatic rings. The maximum atomic E-state index is 10.6. The van der Waals surface area contributed by atoms with Crippen molar-refractivity contribution in [1.29, 1.82) is 0 Å². The Bertz CT molecular complexity index is 412. The van der Waals surface area contributed by atoms with Crippen LogP contribution in [0.3, 0.4) is 0 Å². The van der Waals surface area contributed by atoms with Crippen LogP contribution < -0.4 is 5.32 Å². The van der Waals surface area contributed by atoms with Crippen LogP contribution >= 0.6 is 11.6 Å². The summed E-state index contributed by atoms with van der Waals surface area (Å²) < 4.78 is 0. The third-order valence-electron chi connectivity index (χ3n) is 2.68. The number of rotatable bonds is 7. The Morgan fingerprint density at radius 1 is 1.56 bits per heavy atom. The number of nitrogens with zero attached hydrogens (tertiary/aromatic N) is 1. The largest absolute Gasteiger partial charge is 0.396 e. The van der Waals surface area contributed by atoms with Crippen molar-refractivity contribution in [2.24, 2.45) is 0 Å². The molecule has 0 bridgehead atoms. The van der Waals surface area contributed by atoms with E-state index in [0.29, 0.717) is 11.6 Å². The van der Waals surface area contributed by atoms with Gasteiger partial charge in [-0.1, -0.05) is 11.6 Å². The molecule has 6 heteroatoms. The van der Waals surface area contributed by atoms with Crippen molar-refractivity contribution >= 4 is 17.3 Å². The summed E-state index contributed by atoms with van der Waals surface area (Å²) >= 11 is 5.98. The van der Waals surface area contributed by atoms with Crippen molar-refractivity contribution in [2.45, 2.75) is 32.4 Å². The monoisotopic (exact) mass is 272 g/mol. The first-order valence-corrected chi connectivity index (χ1v) is 6.19. The van der Waals surface area contributed by atoms with Crippen molar-refractivity contribution < 1.29 is 10.0 Å². The van der Waals surface area contributed by atoms with Gasteiger partial charge in [0.25, 0.3) is 5.69 Å². The zero-order valence-corrected chi connectivity index (χ0v) is 11.0. The van der Waals surface area contributed by atoms with Gasteiger partial charge in [-0.3, -0.25) is 10.1 Å². The number of nitro benzene ring substituents is 1. The number of aliphatic hydroxyl groups is 1. The van der Waals surface area contributed by atoms with Crippen LogP contribution in [0.4, 0.5) is 5.69 Å². The number of hydrogen-bond acceptors (Lipinski definition) is 4. The average molecular weight is 273 g/mol. The second kappa shape index (κ2) is 7.31. The molecule has 0 aliphatic carbocycles. The lowest BCUT2D eigenvalue weighted by Gasteiger charge is -2.13. The molecule has 0 saturated carbocycles.